The Morgan fingerprint density at radius 3 is 2.84 bits per heavy atom. The molecule has 2 atom stereocenters. The minimum absolute atomic E-state index is 0.587. The zero-order valence-electron chi connectivity index (χ0n) is 12.4. The first-order valence-corrected chi connectivity index (χ1v) is 7.83. The Balaban J connectivity index is 1.70. The fraction of sp³-hybridized carbons (Fsp3) is 0.647. The third kappa shape index (κ3) is 4.63. The van der Waals surface area contributed by atoms with E-state index in [4.69, 9.17) is 0 Å². The number of hydrogen-bond donors (Lipinski definition) is 2. The lowest BCUT2D eigenvalue weighted by atomic mass is 9.96. The molecule has 0 amide bonds. The summed E-state index contributed by atoms with van der Waals surface area (Å²) in [6.45, 7) is 6.68. The van der Waals surface area contributed by atoms with Gasteiger partial charge in [-0.1, -0.05) is 50.5 Å². The molecule has 2 heteroatoms. The summed E-state index contributed by atoms with van der Waals surface area (Å²) in [7, 11) is 0. The van der Waals surface area contributed by atoms with Gasteiger partial charge in [0, 0.05) is 25.2 Å². The van der Waals surface area contributed by atoms with Crippen molar-refractivity contribution in [1.29, 1.82) is 0 Å². The molecule has 0 fully saturated rings. The van der Waals surface area contributed by atoms with E-state index in [0.29, 0.717) is 12.1 Å². The zero-order valence-corrected chi connectivity index (χ0v) is 12.4. The highest BCUT2D eigenvalue weighted by atomic mass is 15.0. The van der Waals surface area contributed by atoms with Crippen LogP contribution in [0.3, 0.4) is 0 Å². The molecule has 19 heavy (non-hydrogen) atoms. The predicted molar refractivity (Wildman–Crippen MR) is 82.4 cm³/mol. The van der Waals surface area contributed by atoms with Crippen LogP contribution in [-0.4, -0.2) is 18.6 Å². The van der Waals surface area contributed by atoms with E-state index in [2.05, 4.69) is 48.7 Å². The number of hydrogen-bond acceptors (Lipinski definition) is 2. The van der Waals surface area contributed by atoms with E-state index in [1.807, 2.05) is 0 Å². The van der Waals surface area contributed by atoms with Crippen molar-refractivity contribution in [2.75, 3.05) is 6.54 Å². The zero-order chi connectivity index (χ0) is 13.5. The van der Waals surface area contributed by atoms with Gasteiger partial charge in [0.25, 0.3) is 0 Å². The summed E-state index contributed by atoms with van der Waals surface area (Å²) in [6.07, 6.45) is 6.49. The van der Waals surface area contributed by atoms with E-state index in [1.54, 1.807) is 0 Å². The number of unbranched alkanes of at least 4 members (excludes halogenated alkanes) is 2. The number of fused-ring (bicyclic) bond motifs is 1. The molecule has 2 N–H and O–H groups in total. The second-order valence-electron chi connectivity index (χ2n) is 5.86. The molecular formula is C17H28N2. The summed E-state index contributed by atoms with van der Waals surface area (Å²) >= 11 is 0. The van der Waals surface area contributed by atoms with Gasteiger partial charge in [-0.3, -0.25) is 0 Å². The van der Waals surface area contributed by atoms with Gasteiger partial charge in [0.15, 0.2) is 0 Å². The molecule has 0 saturated carbocycles. The molecule has 1 aromatic rings. The molecular weight excluding hydrogens is 232 g/mol. The fourth-order valence-electron chi connectivity index (χ4n) is 2.81. The summed E-state index contributed by atoms with van der Waals surface area (Å²) in [5, 5.41) is 7.31. The van der Waals surface area contributed by atoms with E-state index in [9.17, 15) is 0 Å². The molecule has 2 unspecified atom stereocenters. The third-order valence-electron chi connectivity index (χ3n) is 4.12. The second kappa shape index (κ2) is 7.66. The van der Waals surface area contributed by atoms with Gasteiger partial charge < -0.3 is 10.6 Å². The standard InChI is InChI=1S/C17H28N2/c1-3-4-5-8-14(2)18-13-17-11-15-9-6-7-10-16(15)12-19-17/h6-7,9-10,14,17-19H,3-5,8,11-13H2,1-2H3. The normalized spacial score (nSPS) is 20.0. The van der Waals surface area contributed by atoms with Crippen molar-refractivity contribution in [3.8, 4) is 0 Å². The first-order valence-electron chi connectivity index (χ1n) is 7.83. The topological polar surface area (TPSA) is 24.1 Å². The highest BCUT2D eigenvalue weighted by Crippen LogP contribution is 2.16. The molecule has 0 radical (unpaired) electrons. The molecule has 1 aliphatic rings. The Kier molecular flexibility index (Phi) is 5.87. The maximum atomic E-state index is 3.68. The molecule has 0 spiro atoms. The average molecular weight is 260 g/mol. The molecule has 1 heterocycles. The number of rotatable bonds is 7. The molecule has 0 saturated heterocycles. The van der Waals surface area contributed by atoms with Gasteiger partial charge in [-0.2, -0.15) is 0 Å². The van der Waals surface area contributed by atoms with Crippen LogP contribution in [0.4, 0.5) is 0 Å². The van der Waals surface area contributed by atoms with Crippen LogP contribution in [0.1, 0.15) is 50.7 Å². The van der Waals surface area contributed by atoms with Crippen LogP contribution in [0.25, 0.3) is 0 Å². The van der Waals surface area contributed by atoms with E-state index in [1.165, 1.54) is 36.8 Å². The second-order valence-corrected chi connectivity index (χ2v) is 5.86. The summed E-state index contributed by atoms with van der Waals surface area (Å²) in [5.41, 5.74) is 2.99. The molecule has 0 bridgehead atoms. The Labute approximate surface area is 118 Å². The minimum Gasteiger partial charge on any atom is -0.313 e. The van der Waals surface area contributed by atoms with Crippen molar-refractivity contribution in [3.63, 3.8) is 0 Å². The van der Waals surface area contributed by atoms with Gasteiger partial charge in [0.2, 0.25) is 0 Å². The van der Waals surface area contributed by atoms with Gasteiger partial charge >= 0.3 is 0 Å². The van der Waals surface area contributed by atoms with Crippen LogP contribution in [0.5, 0.6) is 0 Å². The molecule has 1 aliphatic heterocycles. The van der Waals surface area contributed by atoms with E-state index < -0.39 is 0 Å². The lowest BCUT2D eigenvalue weighted by Crippen LogP contribution is -2.45. The largest absolute Gasteiger partial charge is 0.313 e. The third-order valence-corrected chi connectivity index (χ3v) is 4.12. The van der Waals surface area contributed by atoms with Crippen LogP contribution in [0.2, 0.25) is 0 Å². The summed E-state index contributed by atoms with van der Waals surface area (Å²) in [5.74, 6) is 0. The maximum absolute atomic E-state index is 3.68. The Morgan fingerprint density at radius 1 is 1.26 bits per heavy atom. The lowest BCUT2D eigenvalue weighted by Gasteiger charge is -2.27. The summed E-state index contributed by atoms with van der Waals surface area (Å²) < 4.78 is 0. The van der Waals surface area contributed by atoms with Gasteiger partial charge in [-0.25, -0.2) is 0 Å². The van der Waals surface area contributed by atoms with E-state index in [-0.39, 0.29) is 0 Å². The van der Waals surface area contributed by atoms with Gasteiger partial charge in [0.05, 0.1) is 0 Å². The fourth-order valence-corrected chi connectivity index (χ4v) is 2.81. The number of benzene rings is 1. The molecule has 0 aliphatic carbocycles. The number of nitrogens with one attached hydrogen (secondary N) is 2. The van der Waals surface area contributed by atoms with Gasteiger partial charge in [0.1, 0.15) is 0 Å². The average Bonchev–Trinajstić information content (AvgIpc) is 2.45. The maximum Gasteiger partial charge on any atom is 0.0236 e. The smallest absolute Gasteiger partial charge is 0.0236 e. The van der Waals surface area contributed by atoms with Gasteiger partial charge in [-0.05, 0) is 30.9 Å². The van der Waals surface area contributed by atoms with Crippen LogP contribution in [-0.2, 0) is 13.0 Å². The first-order chi connectivity index (χ1) is 9.29. The molecule has 1 aromatic carbocycles. The highest BCUT2D eigenvalue weighted by molar-refractivity contribution is 5.29. The highest BCUT2D eigenvalue weighted by Gasteiger charge is 2.17. The first kappa shape index (κ1) is 14.5. The van der Waals surface area contributed by atoms with Crippen molar-refractivity contribution in [2.45, 2.75) is 64.6 Å². The van der Waals surface area contributed by atoms with Crippen molar-refractivity contribution in [1.82, 2.24) is 10.6 Å². The summed E-state index contributed by atoms with van der Waals surface area (Å²) in [6, 6.07) is 10.0. The van der Waals surface area contributed by atoms with Crippen molar-refractivity contribution < 1.29 is 0 Å². The van der Waals surface area contributed by atoms with Crippen molar-refractivity contribution in [2.24, 2.45) is 0 Å². The van der Waals surface area contributed by atoms with Crippen LogP contribution in [0, 0.1) is 0 Å². The van der Waals surface area contributed by atoms with Crippen LogP contribution >= 0.6 is 0 Å². The van der Waals surface area contributed by atoms with Crippen molar-refractivity contribution >= 4 is 0 Å². The molecule has 2 rings (SSSR count). The van der Waals surface area contributed by atoms with E-state index >= 15 is 0 Å². The Hall–Kier alpha value is -0.860. The minimum atomic E-state index is 0.587. The molecule has 106 valence electrons. The lowest BCUT2D eigenvalue weighted by molar-refractivity contribution is 0.406. The Bertz CT molecular complexity index is 375. The predicted octanol–water partition coefficient (Wildman–Crippen LogP) is 3.26. The van der Waals surface area contributed by atoms with Crippen LogP contribution in [0.15, 0.2) is 24.3 Å². The Morgan fingerprint density at radius 2 is 2.05 bits per heavy atom. The molecule has 0 aromatic heterocycles. The monoisotopic (exact) mass is 260 g/mol. The van der Waals surface area contributed by atoms with Crippen molar-refractivity contribution in [3.05, 3.63) is 35.4 Å². The van der Waals surface area contributed by atoms with Gasteiger partial charge in [-0.15, -0.1) is 0 Å². The molecule has 2 nitrogen and oxygen atoms in total. The summed E-state index contributed by atoms with van der Waals surface area (Å²) in [4.78, 5) is 0. The van der Waals surface area contributed by atoms with Crippen LogP contribution < -0.4 is 10.6 Å². The quantitative estimate of drug-likeness (QED) is 0.735. The van der Waals surface area contributed by atoms with E-state index in [0.717, 1.165) is 19.5 Å². The SMILES string of the molecule is CCCCCC(C)NCC1Cc2ccccc2CN1.